The molecule has 0 aliphatic rings. The van der Waals surface area contributed by atoms with Gasteiger partial charge in [0.15, 0.2) is 0 Å². The van der Waals surface area contributed by atoms with E-state index < -0.39 is 11.4 Å². The van der Waals surface area contributed by atoms with Crippen molar-refractivity contribution < 1.29 is 9.50 Å². The molecule has 0 amide bonds. The first kappa shape index (κ1) is 12.2. The van der Waals surface area contributed by atoms with Crippen molar-refractivity contribution in [2.75, 3.05) is 0 Å². The number of hydrogen-bond donors (Lipinski definition) is 1. The molecule has 0 saturated carbocycles. The van der Waals surface area contributed by atoms with E-state index in [1.54, 1.807) is 25.1 Å². The largest absolute Gasteiger partial charge is 0.381 e. The van der Waals surface area contributed by atoms with Crippen LogP contribution in [0.4, 0.5) is 4.39 Å². The zero-order valence-corrected chi connectivity index (χ0v) is 10.8. The summed E-state index contributed by atoms with van der Waals surface area (Å²) in [6.07, 6.45) is 2.56. The van der Waals surface area contributed by atoms with Gasteiger partial charge in [-0.25, -0.2) is 4.39 Å². The van der Waals surface area contributed by atoms with Crippen molar-refractivity contribution in [3.05, 3.63) is 64.1 Å². The quantitative estimate of drug-likeness (QED) is 0.923. The summed E-state index contributed by atoms with van der Waals surface area (Å²) in [6.45, 7) is 1.56. The first-order valence-corrected chi connectivity index (χ1v) is 5.89. The third kappa shape index (κ3) is 2.37. The number of aliphatic hydroxyl groups is 1. The van der Waals surface area contributed by atoms with E-state index in [1.165, 1.54) is 12.3 Å². The van der Waals surface area contributed by atoms with Crippen molar-refractivity contribution in [2.45, 2.75) is 12.5 Å². The standard InChI is InChI=1S/C13H11BrFNO/c1-13(17,9-3-2-4-10(14)7-9)11-5-6-16-8-12(11)15/h2-8,17H,1H3. The molecule has 1 heterocycles. The molecule has 0 fully saturated rings. The average Bonchev–Trinajstić information content (AvgIpc) is 2.29. The van der Waals surface area contributed by atoms with Gasteiger partial charge in [-0.2, -0.15) is 0 Å². The number of rotatable bonds is 2. The molecule has 2 aromatic rings. The predicted molar refractivity (Wildman–Crippen MR) is 67.0 cm³/mol. The fourth-order valence-electron chi connectivity index (χ4n) is 1.72. The summed E-state index contributed by atoms with van der Waals surface area (Å²) in [5.74, 6) is -0.516. The van der Waals surface area contributed by atoms with Gasteiger partial charge in [-0.3, -0.25) is 4.98 Å². The number of halogens is 2. The van der Waals surface area contributed by atoms with Gasteiger partial charge in [0.2, 0.25) is 0 Å². The van der Waals surface area contributed by atoms with Gasteiger partial charge in [0.1, 0.15) is 11.4 Å². The first-order valence-electron chi connectivity index (χ1n) is 5.10. The maximum absolute atomic E-state index is 13.6. The summed E-state index contributed by atoms with van der Waals surface area (Å²) >= 11 is 3.33. The molecule has 2 nitrogen and oxygen atoms in total. The van der Waals surface area contributed by atoms with Gasteiger partial charge < -0.3 is 5.11 Å². The van der Waals surface area contributed by atoms with Crippen molar-refractivity contribution in [3.8, 4) is 0 Å². The van der Waals surface area contributed by atoms with E-state index in [4.69, 9.17) is 0 Å². The van der Waals surface area contributed by atoms with Crippen molar-refractivity contribution in [1.82, 2.24) is 4.98 Å². The molecule has 88 valence electrons. The van der Waals surface area contributed by atoms with E-state index in [1.807, 2.05) is 6.07 Å². The van der Waals surface area contributed by atoms with Crippen LogP contribution in [0.3, 0.4) is 0 Å². The Labute approximate surface area is 107 Å². The predicted octanol–water partition coefficient (Wildman–Crippen LogP) is 3.24. The second-order valence-corrected chi connectivity index (χ2v) is 4.85. The normalized spacial score (nSPS) is 14.4. The molecular formula is C13H11BrFNO. The summed E-state index contributed by atoms with van der Waals surface area (Å²) in [7, 11) is 0. The number of hydrogen-bond acceptors (Lipinski definition) is 2. The van der Waals surface area contributed by atoms with Crippen LogP contribution < -0.4 is 0 Å². The average molecular weight is 296 g/mol. The molecule has 0 aliphatic carbocycles. The van der Waals surface area contributed by atoms with Gasteiger partial charge in [0.25, 0.3) is 0 Å². The summed E-state index contributed by atoms with van der Waals surface area (Å²) in [5.41, 5.74) is -0.542. The maximum Gasteiger partial charge on any atom is 0.147 e. The number of nitrogens with zero attached hydrogens (tertiary/aromatic N) is 1. The molecule has 1 unspecified atom stereocenters. The molecule has 0 radical (unpaired) electrons. The summed E-state index contributed by atoms with van der Waals surface area (Å²) in [6, 6.07) is 8.65. The second-order valence-electron chi connectivity index (χ2n) is 3.94. The summed E-state index contributed by atoms with van der Waals surface area (Å²) in [5, 5.41) is 10.5. The van der Waals surface area contributed by atoms with Crippen LogP contribution in [-0.4, -0.2) is 10.1 Å². The highest BCUT2D eigenvalue weighted by atomic mass is 79.9. The third-order valence-corrected chi connectivity index (χ3v) is 3.18. The molecule has 1 aromatic carbocycles. The fraction of sp³-hybridized carbons (Fsp3) is 0.154. The minimum atomic E-state index is -1.38. The van der Waals surface area contributed by atoms with Gasteiger partial charge >= 0.3 is 0 Å². The lowest BCUT2D eigenvalue weighted by Gasteiger charge is -2.24. The van der Waals surface area contributed by atoms with Gasteiger partial charge in [-0.1, -0.05) is 28.1 Å². The molecule has 0 bridgehead atoms. The minimum absolute atomic E-state index is 0.214. The molecule has 4 heteroatoms. The van der Waals surface area contributed by atoms with Crippen LogP contribution in [0.1, 0.15) is 18.1 Å². The maximum atomic E-state index is 13.6. The highest BCUT2D eigenvalue weighted by Crippen LogP contribution is 2.31. The molecule has 2 rings (SSSR count). The highest BCUT2D eigenvalue weighted by molar-refractivity contribution is 9.10. The van der Waals surface area contributed by atoms with E-state index in [-0.39, 0.29) is 5.56 Å². The lowest BCUT2D eigenvalue weighted by Crippen LogP contribution is -2.24. The van der Waals surface area contributed by atoms with Crippen molar-refractivity contribution in [2.24, 2.45) is 0 Å². The molecule has 1 aromatic heterocycles. The van der Waals surface area contributed by atoms with Crippen LogP contribution in [0, 0.1) is 5.82 Å². The lowest BCUT2D eigenvalue weighted by molar-refractivity contribution is 0.0977. The molecular weight excluding hydrogens is 285 g/mol. The number of pyridine rings is 1. The minimum Gasteiger partial charge on any atom is -0.381 e. The zero-order valence-electron chi connectivity index (χ0n) is 9.19. The molecule has 1 N–H and O–H groups in total. The van der Waals surface area contributed by atoms with Crippen LogP contribution in [0.25, 0.3) is 0 Å². The topological polar surface area (TPSA) is 33.1 Å². The lowest BCUT2D eigenvalue weighted by atomic mass is 9.88. The fourth-order valence-corrected chi connectivity index (χ4v) is 2.12. The Morgan fingerprint density at radius 2 is 2.12 bits per heavy atom. The van der Waals surface area contributed by atoms with Crippen molar-refractivity contribution in [3.63, 3.8) is 0 Å². The summed E-state index contributed by atoms with van der Waals surface area (Å²) in [4.78, 5) is 3.67. The molecule has 0 saturated heterocycles. The highest BCUT2D eigenvalue weighted by Gasteiger charge is 2.28. The Hall–Kier alpha value is -1.26. The van der Waals surface area contributed by atoms with Crippen LogP contribution in [0.15, 0.2) is 47.2 Å². The Kier molecular flexibility index (Phi) is 3.26. The van der Waals surface area contributed by atoms with E-state index >= 15 is 0 Å². The Balaban J connectivity index is 2.53. The Morgan fingerprint density at radius 3 is 2.76 bits per heavy atom. The van der Waals surface area contributed by atoms with Crippen LogP contribution in [-0.2, 0) is 5.60 Å². The van der Waals surface area contributed by atoms with Gasteiger partial charge in [-0.15, -0.1) is 0 Å². The summed E-state index contributed by atoms with van der Waals surface area (Å²) < 4.78 is 14.5. The van der Waals surface area contributed by atoms with Gasteiger partial charge in [0, 0.05) is 16.2 Å². The van der Waals surface area contributed by atoms with Crippen molar-refractivity contribution >= 4 is 15.9 Å². The zero-order chi connectivity index (χ0) is 12.5. The molecule has 0 spiro atoms. The first-order chi connectivity index (χ1) is 8.01. The number of benzene rings is 1. The van der Waals surface area contributed by atoms with Crippen LogP contribution in [0.5, 0.6) is 0 Å². The number of aromatic nitrogens is 1. The van der Waals surface area contributed by atoms with E-state index in [0.717, 1.165) is 10.7 Å². The SMILES string of the molecule is CC(O)(c1cccc(Br)c1)c1ccncc1F. The second kappa shape index (κ2) is 4.55. The van der Waals surface area contributed by atoms with Crippen LogP contribution >= 0.6 is 15.9 Å². The Morgan fingerprint density at radius 1 is 1.35 bits per heavy atom. The molecule has 1 atom stereocenters. The van der Waals surface area contributed by atoms with Crippen molar-refractivity contribution in [1.29, 1.82) is 0 Å². The van der Waals surface area contributed by atoms with E-state index in [2.05, 4.69) is 20.9 Å². The molecule has 0 aliphatic heterocycles. The van der Waals surface area contributed by atoms with Gasteiger partial charge in [0.05, 0.1) is 6.20 Å². The van der Waals surface area contributed by atoms with E-state index in [9.17, 15) is 9.50 Å². The molecule has 17 heavy (non-hydrogen) atoms. The third-order valence-electron chi connectivity index (χ3n) is 2.68. The Bertz CT molecular complexity index is 542. The monoisotopic (exact) mass is 295 g/mol. The van der Waals surface area contributed by atoms with Crippen LogP contribution in [0.2, 0.25) is 0 Å². The van der Waals surface area contributed by atoms with Gasteiger partial charge in [-0.05, 0) is 30.7 Å². The smallest absolute Gasteiger partial charge is 0.147 e. The van der Waals surface area contributed by atoms with E-state index in [0.29, 0.717) is 5.56 Å².